The molecule has 2 unspecified atom stereocenters. The highest BCUT2D eigenvalue weighted by molar-refractivity contribution is 5.34. The molecule has 0 radical (unpaired) electrons. The number of aryl methyl sites for hydroxylation is 2. The molecule has 1 aromatic rings. The van der Waals surface area contributed by atoms with Gasteiger partial charge in [-0.1, -0.05) is 13.0 Å². The summed E-state index contributed by atoms with van der Waals surface area (Å²) in [6.45, 7) is 6.71. The molecule has 0 saturated heterocycles. The van der Waals surface area contributed by atoms with Gasteiger partial charge in [0.15, 0.2) is 0 Å². The van der Waals surface area contributed by atoms with Crippen LogP contribution in [0.15, 0.2) is 12.1 Å². The summed E-state index contributed by atoms with van der Waals surface area (Å²) in [6, 6.07) is 3.67. The molecule has 1 aromatic carbocycles. The number of ether oxygens (including phenoxy) is 1. The largest absolute Gasteiger partial charge is 0.384 e. The van der Waals surface area contributed by atoms with E-state index in [-0.39, 0.29) is 11.9 Å². The van der Waals surface area contributed by atoms with Crippen LogP contribution >= 0.6 is 0 Å². The first kappa shape index (κ1) is 15.1. The molecule has 0 aromatic heterocycles. The van der Waals surface area contributed by atoms with Crippen LogP contribution in [0.2, 0.25) is 0 Å². The van der Waals surface area contributed by atoms with Crippen LogP contribution in [0.1, 0.15) is 36.1 Å². The number of halogens is 1. The third-order valence-electron chi connectivity index (χ3n) is 3.27. The summed E-state index contributed by atoms with van der Waals surface area (Å²) in [4.78, 5) is 0. The van der Waals surface area contributed by atoms with Gasteiger partial charge in [-0.05, 0) is 50.4 Å². The van der Waals surface area contributed by atoms with Gasteiger partial charge >= 0.3 is 0 Å². The predicted octanol–water partition coefficient (Wildman–Crippen LogP) is 3.38. The summed E-state index contributed by atoms with van der Waals surface area (Å²) in [5.74, 6) is 0.281. The Morgan fingerprint density at radius 1 is 1.33 bits per heavy atom. The predicted molar refractivity (Wildman–Crippen MR) is 73.3 cm³/mol. The van der Waals surface area contributed by atoms with E-state index < -0.39 is 0 Å². The lowest BCUT2D eigenvalue weighted by Crippen LogP contribution is -2.22. The first-order valence-corrected chi connectivity index (χ1v) is 6.42. The normalized spacial score (nSPS) is 14.6. The Balaban J connectivity index is 2.95. The molecule has 0 saturated carbocycles. The highest BCUT2D eigenvalue weighted by Crippen LogP contribution is 2.27. The van der Waals surface area contributed by atoms with E-state index in [1.54, 1.807) is 13.2 Å². The number of hydrogen-bond donors (Lipinski definition) is 1. The maximum atomic E-state index is 14.1. The van der Waals surface area contributed by atoms with Crippen molar-refractivity contribution < 1.29 is 9.13 Å². The van der Waals surface area contributed by atoms with Gasteiger partial charge < -0.3 is 10.1 Å². The lowest BCUT2D eigenvalue weighted by molar-refractivity contribution is 0.149. The fourth-order valence-electron chi connectivity index (χ4n) is 2.50. The standard InChI is InChI=1S/C15H24FNO/c1-10-6-12(3)15(13(16)7-10)14(17-4)8-11(2)9-18-5/h6-7,11,14,17H,8-9H2,1-5H3. The SMILES string of the molecule is CNC(CC(C)COC)c1c(C)cc(C)cc1F. The molecule has 0 aliphatic heterocycles. The van der Waals surface area contributed by atoms with Crippen molar-refractivity contribution in [1.82, 2.24) is 5.32 Å². The third-order valence-corrected chi connectivity index (χ3v) is 3.27. The summed E-state index contributed by atoms with van der Waals surface area (Å²) in [6.07, 6.45) is 0.866. The van der Waals surface area contributed by atoms with Crippen LogP contribution in [0.3, 0.4) is 0 Å². The second-order valence-electron chi connectivity index (χ2n) is 5.11. The highest BCUT2D eigenvalue weighted by Gasteiger charge is 2.19. The van der Waals surface area contributed by atoms with Crippen LogP contribution in [-0.2, 0) is 4.74 Å². The number of nitrogens with one attached hydrogen (secondary N) is 1. The highest BCUT2D eigenvalue weighted by atomic mass is 19.1. The minimum atomic E-state index is -0.114. The van der Waals surface area contributed by atoms with Gasteiger partial charge in [-0.3, -0.25) is 0 Å². The number of methoxy groups -OCH3 is 1. The minimum absolute atomic E-state index is 0.0377. The molecule has 0 spiro atoms. The molecule has 0 aliphatic carbocycles. The van der Waals surface area contributed by atoms with Crippen molar-refractivity contribution in [1.29, 1.82) is 0 Å². The number of hydrogen-bond acceptors (Lipinski definition) is 2. The summed E-state index contributed by atoms with van der Waals surface area (Å²) in [5.41, 5.74) is 2.76. The number of rotatable bonds is 6. The molecule has 3 heteroatoms. The molecule has 1 N–H and O–H groups in total. The van der Waals surface area contributed by atoms with Crippen molar-refractivity contribution in [3.8, 4) is 0 Å². The maximum absolute atomic E-state index is 14.1. The molecule has 2 atom stereocenters. The average Bonchev–Trinajstić information content (AvgIpc) is 2.26. The minimum Gasteiger partial charge on any atom is -0.384 e. The zero-order chi connectivity index (χ0) is 13.7. The molecule has 18 heavy (non-hydrogen) atoms. The summed E-state index contributed by atoms with van der Waals surface area (Å²) in [7, 11) is 3.57. The zero-order valence-electron chi connectivity index (χ0n) is 12.0. The molecule has 2 nitrogen and oxygen atoms in total. The number of benzene rings is 1. The van der Waals surface area contributed by atoms with Crippen molar-refractivity contribution in [3.63, 3.8) is 0 Å². The monoisotopic (exact) mass is 253 g/mol. The molecule has 0 bridgehead atoms. The molecular formula is C15H24FNO. The Morgan fingerprint density at radius 2 is 2.00 bits per heavy atom. The van der Waals surface area contributed by atoms with Crippen LogP contribution in [0.4, 0.5) is 4.39 Å². The van der Waals surface area contributed by atoms with Crippen LogP contribution in [0.25, 0.3) is 0 Å². The lowest BCUT2D eigenvalue weighted by atomic mass is 9.92. The summed E-state index contributed by atoms with van der Waals surface area (Å²) >= 11 is 0. The van der Waals surface area contributed by atoms with Crippen molar-refractivity contribution >= 4 is 0 Å². The third kappa shape index (κ3) is 3.79. The van der Waals surface area contributed by atoms with Crippen LogP contribution in [0.5, 0.6) is 0 Å². The quantitative estimate of drug-likeness (QED) is 0.839. The zero-order valence-corrected chi connectivity index (χ0v) is 12.0. The lowest BCUT2D eigenvalue weighted by Gasteiger charge is -2.23. The van der Waals surface area contributed by atoms with Crippen LogP contribution < -0.4 is 5.32 Å². The van der Waals surface area contributed by atoms with E-state index in [0.29, 0.717) is 12.5 Å². The molecule has 0 heterocycles. The van der Waals surface area contributed by atoms with E-state index in [2.05, 4.69) is 12.2 Å². The molecule has 1 rings (SSSR count). The first-order chi connectivity index (χ1) is 8.49. The molecule has 102 valence electrons. The van der Waals surface area contributed by atoms with E-state index in [9.17, 15) is 4.39 Å². The first-order valence-electron chi connectivity index (χ1n) is 6.42. The van der Waals surface area contributed by atoms with Gasteiger partial charge in [0.05, 0.1) is 0 Å². The van der Waals surface area contributed by atoms with E-state index in [1.165, 1.54) is 0 Å². The molecular weight excluding hydrogens is 229 g/mol. The Kier molecular flexibility index (Phi) is 5.76. The molecule has 0 fully saturated rings. The molecule has 0 aliphatic rings. The van der Waals surface area contributed by atoms with Gasteiger partial charge in [0.25, 0.3) is 0 Å². The van der Waals surface area contributed by atoms with Gasteiger partial charge in [-0.25, -0.2) is 4.39 Å². The van der Waals surface area contributed by atoms with Crippen molar-refractivity contribution in [2.24, 2.45) is 5.92 Å². The summed E-state index contributed by atoms with van der Waals surface area (Å²) < 4.78 is 19.3. The van der Waals surface area contributed by atoms with Gasteiger partial charge in [0.2, 0.25) is 0 Å². The van der Waals surface area contributed by atoms with Gasteiger partial charge in [-0.15, -0.1) is 0 Å². The Morgan fingerprint density at radius 3 is 2.50 bits per heavy atom. The van der Waals surface area contributed by atoms with Crippen LogP contribution in [-0.4, -0.2) is 20.8 Å². The average molecular weight is 253 g/mol. The Labute approximate surface area is 110 Å². The Hall–Kier alpha value is -0.930. The van der Waals surface area contributed by atoms with E-state index in [4.69, 9.17) is 4.74 Å². The topological polar surface area (TPSA) is 21.3 Å². The fraction of sp³-hybridized carbons (Fsp3) is 0.600. The van der Waals surface area contributed by atoms with E-state index in [0.717, 1.165) is 23.1 Å². The molecule has 0 amide bonds. The maximum Gasteiger partial charge on any atom is 0.128 e. The summed E-state index contributed by atoms with van der Waals surface area (Å²) in [5, 5.41) is 3.21. The smallest absolute Gasteiger partial charge is 0.128 e. The van der Waals surface area contributed by atoms with Gasteiger partial charge in [-0.2, -0.15) is 0 Å². The van der Waals surface area contributed by atoms with Crippen molar-refractivity contribution in [2.75, 3.05) is 20.8 Å². The van der Waals surface area contributed by atoms with Crippen molar-refractivity contribution in [3.05, 3.63) is 34.6 Å². The fourth-order valence-corrected chi connectivity index (χ4v) is 2.50. The van der Waals surface area contributed by atoms with Gasteiger partial charge in [0.1, 0.15) is 5.82 Å². The van der Waals surface area contributed by atoms with E-state index >= 15 is 0 Å². The van der Waals surface area contributed by atoms with Crippen molar-refractivity contribution in [2.45, 2.75) is 33.2 Å². The Bertz CT molecular complexity index is 369. The van der Waals surface area contributed by atoms with Gasteiger partial charge in [0, 0.05) is 25.3 Å². The van der Waals surface area contributed by atoms with E-state index in [1.807, 2.05) is 27.0 Å². The van der Waals surface area contributed by atoms with Crippen LogP contribution in [0, 0.1) is 25.6 Å². The second kappa shape index (κ2) is 6.86. The second-order valence-corrected chi connectivity index (χ2v) is 5.11.